The van der Waals surface area contributed by atoms with Crippen molar-refractivity contribution in [2.45, 2.75) is 83.2 Å². The van der Waals surface area contributed by atoms with Gasteiger partial charge < -0.3 is 10.6 Å². The summed E-state index contributed by atoms with van der Waals surface area (Å²) in [7, 11) is 0. The smallest absolute Gasteiger partial charge is 0.379 e. The number of alkyl halides is 4. The molecule has 1 aliphatic rings. The van der Waals surface area contributed by atoms with Crippen LogP contribution >= 0.6 is 0 Å². The summed E-state index contributed by atoms with van der Waals surface area (Å²) in [5, 5.41) is 10.1. The minimum atomic E-state index is -4.70. The molecule has 212 valence electrons. The monoisotopic (exact) mass is 547 g/mol. The Morgan fingerprint density at radius 3 is 2.49 bits per heavy atom. The third-order valence-electron chi connectivity index (χ3n) is 6.74. The normalized spacial score (nSPS) is 17.9. The van der Waals surface area contributed by atoms with Gasteiger partial charge in [-0.05, 0) is 52.5 Å². The van der Waals surface area contributed by atoms with Crippen LogP contribution in [0.2, 0.25) is 0 Å². The molecule has 39 heavy (non-hydrogen) atoms. The fourth-order valence-electron chi connectivity index (χ4n) is 4.49. The van der Waals surface area contributed by atoms with E-state index in [1.807, 2.05) is 20.8 Å². The molecule has 6 nitrogen and oxygen atoms in total. The van der Waals surface area contributed by atoms with Crippen LogP contribution < -0.4 is 10.6 Å². The Balaban J connectivity index is 1.78. The number of allylic oxidation sites excluding steroid dienone is 1. The predicted octanol–water partition coefficient (Wildman–Crippen LogP) is 6.46. The highest BCUT2D eigenvalue weighted by atomic mass is 19.4. The van der Waals surface area contributed by atoms with Crippen molar-refractivity contribution < 1.29 is 22.4 Å². The lowest BCUT2D eigenvalue weighted by atomic mass is 9.92. The van der Waals surface area contributed by atoms with Crippen molar-refractivity contribution in [2.24, 2.45) is 0 Å². The molecule has 0 radical (unpaired) electrons. The number of hydrogen-bond donors (Lipinski definition) is 2. The summed E-state index contributed by atoms with van der Waals surface area (Å²) < 4.78 is 57.1. The first kappa shape index (κ1) is 30.1. The van der Waals surface area contributed by atoms with Crippen LogP contribution in [0.3, 0.4) is 0 Å². The molecule has 1 saturated carbocycles. The quantitative estimate of drug-likeness (QED) is 0.265. The standard InChI is InChI=1S/C29H37F4N5O/c1-7-22-23(19(3)36-25-13-9-8-12-24(25)30)15-21(37-26(22)18(2)29(31,32)33)11-10-14-34-27(39)20-16-35-38(17-20)28(4,5)6/h7,15-17,24-25,36H,1-3,8-14H2,4-6H3,(H,34,39). The van der Waals surface area contributed by atoms with E-state index in [9.17, 15) is 22.4 Å². The average molecular weight is 548 g/mol. The van der Waals surface area contributed by atoms with Crippen molar-refractivity contribution in [3.05, 3.63) is 66.3 Å². The van der Waals surface area contributed by atoms with E-state index < -0.39 is 24.0 Å². The fraction of sp³-hybridized carbons (Fsp3) is 0.483. The molecular formula is C29H37F4N5O. The highest BCUT2D eigenvalue weighted by Crippen LogP contribution is 2.36. The molecular weight excluding hydrogens is 510 g/mol. The Morgan fingerprint density at radius 2 is 1.90 bits per heavy atom. The number of nitrogens with zero attached hydrogens (tertiary/aromatic N) is 3. The van der Waals surface area contributed by atoms with Gasteiger partial charge in [0, 0.05) is 35.3 Å². The molecule has 2 heterocycles. The van der Waals surface area contributed by atoms with Crippen molar-refractivity contribution in [1.82, 2.24) is 25.4 Å². The highest BCUT2D eigenvalue weighted by Gasteiger charge is 2.36. The van der Waals surface area contributed by atoms with Gasteiger partial charge in [-0.15, -0.1) is 0 Å². The molecule has 0 aliphatic heterocycles. The first-order chi connectivity index (χ1) is 18.2. The second-order valence-electron chi connectivity index (χ2n) is 10.8. The largest absolute Gasteiger partial charge is 0.417 e. The molecule has 1 fully saturated rings. The summed E-state index contributed by atoms with van der Waals surface area (Å²) in [4.78, 5) is 16.8. The van der Waals surface area contributed by atoms with Crippen LogP contribution in [0, 0.1) is 0 Å². The number of halogens is 4. The Labute approximate surface area is 227 Å². The zero-order valence-electron chi connectivity index (χ0n) is 22.8. The Bertz CT molecular complexity index is 1230. The molecule has 2 aromatic rings. The summed E-state index contributed by atoms with van der Waals surface area (Å²) in [5.74, 6) is -0.293. The number of carbonyl (C=O) groups is 1. The van der Waals surface area contributed by atoms with Crippen LogP contribution in [-0.2, 0) is 12.0 Å². The van der Waals surface area contributed by atoms with Gasteiger partial charge in [0.15, 0.2) is 0 Å². The van der Waals surface area contributed by atoms with Gasteiger partial charge in [0.2, 0.25) is 0 Å². The second-order valence-corrected chi connectivity index (χ2v) is 10.8. The molecule has 2 aromatic heterocycles. The molecule has 2 atom stereocenters. The zero-order valence-corrected chi connectivity index (χ0v) is 22.8. The molecule has 10 heteroatoms. The van der Waals surface area contributed by atoms with Gasteiger partial charge >= 0.3 is 6.18 Å². The number of aromatic nitrogens is 3. The van der Waals surface area contributed by atoms with Gasteiger partial charge in [0.25, 0.3) is 5.91 Å². The van der Waals surface area contributed by atoms with Crippen molar-refractivity contribution in [1.29, 1.82) is 0 Å². The van der Waals surface area contributed by atoms with Gasteiger partial charge in [-0.3, -0.25) is 14.5 Å². The van der Waals surface area contributed by atoms with E-state index in [1.165, 1.54) is 12.3 Å². The molecule has 1 amide bonds. The molecule has 1 aliphatic carbocycles. The van der Waals surface area contributed by atoms with E-state index >= 15 is 0 Å². The number of pyridine rings is 1. The van der Waals surface area contributed by atoms with Crippen LogP contribution in [0.4, 0.5) is 17.6 Å². The van der Waals surface area contributed by atoms with E-state index in [2.05, 4.69) is 40.5 Å². The minimum Gasteiger partial charge on any atom is -0.379 e. The molecule has 0 spiro atoms. The Morgan fingerprint density at radius 1 is 1.21 bits per heavy atom. The topological polar surface area (TPSA) is 71.8 Å². The molecule has 0 aromatic carbocycles. The number of amides is 1. The molecule has 3 rings (SSSR count). The van der Waals surface area contributed by atoms with E-state index in [4.69, 9.17) is 0 Å². The first-order valence-corrected chi connectivity index (χ1v) is 13.1. The summed E-state index contributed by atoms with van der Waals surface area (Å²) in [6.45, 7) is 17.1. The molecule has 2 N–H and O–H groups in total. The van der Waals surface area contributed by atoms with E-state index in [0.29, 0.717) is 41.8 Å². The molecule has 0 bridgehead atoms. The summed E-state index contributed by atoms with van der Waals surface area (Å²) in [6.07, 6.45) is 2.09. The molecule has 0 saturated heterocycles. The van der Waals surface area contributed by atoms with Gasteiger partial charge in [0.1, 0.15) is 6.17 Å². The predicted molar refractivity (Wildman–Crippen MR) is 147 cm³/mol. The lowest BCUT2D eigenvalue weighted by molar-refractivity contribution is -0.0689. The van der Waals surface area contributed by atoms with Crippen molar-refractivity contribution in [2.75, 3.05) is 6.54 Å². The van der Waals surface area contributed by atoms with Crippen LogP contribution in [0.15, 0.2) is 38.2 Å². The van der Waals surface area contributed by atoms with Gasteiger partial charge in [-0.1, -0.05) is 38.7 Å². The van der Waals surface area contributed by atoms with E-state index in [-0.39, 0.29) is 35.7 Å². The number of hydrogen-bond acceptors (Lipinski definition) is 4. The van der Waals surface area contributed by atoms with Crippen LogP contribution in [0.25, 0.3) is 17.3 Å². The van der Waals surface area contributed by atoms with Gasteiger partial charge in [-0.25, -0.2) is 4.39 Å². The maximum Gasteiger partial charge on any atom is 0.417 e. The van der Waals surface area contributed by atoms with Crippen LogP contribution in [-0.4, -0.2) is 45.6 Å². The zero-order chi connectivity index (χ0) is 29.0. The SMILES string of the molecule is C=Cc1c(C(=C)NC2CCCCC2F)cc(CCCNC(=O)c2cnn(C(C)(C)C)c2)nc1C(=C)C(F)(F)F. The van der Waals surface area contributed by atoms with E-state index in [1.54, 1.807) is 16.9 Å². The first-order valence-electron chi connectivity index (χ1n) is 13.1. The Kier molecular flexibility index (Phi) is 9.40. The summed E-state index contributed by atoms with van der Waals surface area (Å²) in [6, 6.07) is 1.18. The minimum absolute atomic E-state index is 0.133. The maximum atomic E-state index is 14.5. The number of nitrogens with one attached hydrogen (secondary N) is 2. The number of rotatable bonds is 10. The van der Waals surface area contributed by atoms with Gasteiger partial charge in [-0.2, -0.15) is 18.3 Å². The maximum absolute atomic E-state index is 14.5. The second kappa shape index (κ2) is 12.2. The summed E-state index contributed by atoms with van der Waals surface area (Å²) in [5.41, 5.74) is -0.108. The molecule has 2 unspecified atom stereocenters. The van der Waals surface area contributed by atoms with Crippen molar-refractivity contribution in [3.63, 3.8) is 0 Å². The van der Waals surface area contributed by atoms with Crippen LogP contribution in [0.1, 0.15) is 85.7 Å². The van der Waals surface area contributed by atoms with Crippen LogP contribution in [0.5, 0.6) is 0 Å². The fourth-order valence-corrected chi connectivity index (χ4v) is 4.49. The number of carbonyl (C=O) groups excluding carboxylic acids is 1. The average Bonchev–Trinajstić information content (AvgIpc) is 3.37. The van der Waals surface area contributed by atoms with Crippen molar-refractivity contribution in [3.8, 4) is 0 Å². The van der Waals surface area contributed by atoms with E-state index in [0.717, 1.165) is 12.8 Å². The highest BCUT2D eigenvalue weighted by molar-refractivity contribution is 5.93. The lowest BCUT2D eigenvalue weighted by Crippen LogP contribution is -2.38. The number of aryl methyl sites for hydroxylation is 1. The van der Waals surface area contributed by atoms with Crippen molar-refractivity contribution >= 4 is 23.3 Å². The third-order valence-corrected chi connectivity index (χ3v) is 6.74. The lowest BCUT2D eigenvalue weighted by Gasteiger charge is -2.29. The Hall–Kier alpha value is -3.43. The third kappa shape index (κ3) is 7.58. The van der Waals surface area contributed by atoms with Gasteiger partial charge in [0.05, 0.1) is 34.6 Å². The summed E-state index contributed by atoms with van der Waals surface area (Å²) >= 11 is 0.